The lowest BCUT2D eigenvalue weighted by molar-refractivity contribution is -0.145. The van der Waals surface area contributed by atoms with Gasteiger partial charge in [-0.15, -0.1) is 0 Å². The highest BCUT2D eigenvalue weighted by Gasteiger charge is 2.59. The maximum absolute atomic E-state index is 12.6. The topological polar surface area (TPSA) is 26.3 Å². The second-order valence-electron chi connectivity index (χ2n) is 2.69. The molecule has 0 amide bonds. The molecule has 11 heavy (non-hydrogen) atoms. The largest absolute Gasteiger partial charge is 0.465 e. The summed E-state index contributed by atoms with van der Waals surface area (Å²) in [6, 6.07) is 0. The zero-order valence-corrected chi connectivity index (χ0v) is 7.03. The molecule has 0 heterocycles. The highest BCUT2D eigenvalue weighted by molar-refractivity contribution is 6.26. The summed E-state index contributed by atoms with van der Waals surface area (Å²) >= 11 is 5.21. The Morgan fingerprint density at radius 1 is 1.91 bits per heavy atom. The number of ether oxygens (including phenoxy) is 1. The van der Waals surface area contributed by atoms with Gasteiger partial charge in [0, 0.05) is 6.42 Å². The number of halogens is 2. The predicted octanol–water partition coefficient (Wildman–Crippen LogP) is 1.86. The summed E-state index contributed by atoms with van der Waals surface area (Å²) in [5.74, 6) is -1.24. The lowest BCUT2D eigenvalue weighted by Crippen LogP contribution is -2.11. The van der Waals surface area contributed by atoms with Gasteiger partial charge in [0.1, 0.15) is 5.92 Å². The fourth-order valence-corrected chi connectivity index (χ4v) is 1.02. The maximum atomic E-state index is 12.6. The fourth-order valence-electron chi connectivity index (χ4n) is 0.772. The Balaban J connectivity index is 2.23. The number of rotatable bonds is 3. The second kappa shape index (κ2) is 2.97. The van der Waals surface area contributed by atoms with Crippen molar-refractivity contribution in [2.45, 2.75) is 24.9 Å². The summed E-state index contributed by atoms with van der Waals surface area (Å²) in [7, 11) is 0. The molecule has 1 aliphatic carbocycles. The van der Waals surface area contributed by atoms with Gasteiger partial charge in [0.05, 0.1) is 6.61 Å². The second-order valence-corrected chi connectivity index (χ2v) is 3.31. The Morgan fingerprint density at radius 3 is 2.82 bits per heavy atom. The molecule has 1 fully saturated rings. The number of hydrogen-bond acceptors (Lipinski definition) is 2. The van der Waals surface area contributed by atoms with E-state index in [9.17, 15) is 9.18 Å². The van der Waals surface area contributed by atoms with Crippen molar-refractivity contribution in [2.24, 2.45) is 5.92 Å². The van der Waals surface area contributed by atoms with Crippen LogP contribution in [0.5, 0.6) is 0 Å². The third kappa shape index (κ3) is 2.06. The molecule has 1 aliphatic rings. The van der Waals surface area contributed by atoms with Crippen LogP contribution in [-0.2, 0) is 9.53 Å². The van der Waals surface area contributed by atoms with Gasteiger partial charge in [0.25, 0.3) is 0 Å². The van der Waals surface area contributed by atoms with Crippen molar-refractivity contribution in [1.29, 1.82) is 0 Å². The zero-order chi connectivity index (χ0) is 8.48. The molecule has 0 bridgehead atoms. The van der Waals surface area contributed by atoms with Crippen molar-refractivity contribution in [3.05, 3.63) is 0 Å². The smallest absolute Gasteiger partial charge is 0.313 e. The van der Waals surface area contributed by atoms with Crippen LogP contribution in [0.15, 0.2) is 0 Å². The Morgan fingerprint density at radius 2 is 2.45 bits per heavy atom. The standard InChI is InChI=1S/C7H10ClFO2/c1-2-3-11-6(10)5-4-7(5,8)9/h5H,2-4H2,1H3/t5-,7?/m0/s1. The number of hydrogen-bond donors (Lipinski definition) is 0. The monoisotopic (exact) mass is 180 g/mol. The minimum atomic E-state index is -1.81. The van der Waals surface area contributed by atoms with E-state index in [-0.39, 0.29) is 6.42 Å². The molecule has 0 aromatic rings. The van der Waals surface area contributed by atoms with Gasteiger partial charge in [-0.1, -0.05) is 18.5 Å². The molecule has 0 N–H and O–H groups in total. The first-order valence-electron chi connectivity index (χ1n) is 3.62. The zero-order valence-electron chi connectivity index (χ0n) is 6.27. The van der Waals surface area contributed by atoms with Crippen molar-refractivity contribution >= 4 is 17.6 Å². The first kappa shape index (κ1) is 8.78. The van der Waals surface area contributed by atoms with Crippen LogP contribution in [-0.4, -0.2) is 17.7 Å². The van der Waals surface area contributed by atoms with Gasteiger partial charge in [-0.05, 0) is 6.42 Å². The first-order chi connectivity index (χ1) is 5.08. The van der Waals surface area contributed by atoms with E-state index in [1.165, 1.54) is 0 Å². The summed E-state index contributed by atoms with van der Waals surface area (Å²) in [6.07, 6.45) is 0.844. The van der Waals surface area contributed by atoms with E-state index in [0.717, 1.165) is 6.42 Å². The number of carbonyl (C=O) groups is 1. The van der Waals surface area contributed by atoms with Gasteiger partial charge in [0.15, 0.2) is 5.13 Å². The predicted molar refractivity (Wildman–Crippen MR) is 39.0 cm³/mol. The van der Waals surface area contributed by atoms with Crippen molar-refractivity contribution in [3.63, 3.8) is 0 Å². The van der Waals surface area contributed by atoms with E-state index in [0.29, 0.717) is 6.61 Å². The average molecular weight is 181 g/mol. The van der Waals surface area contributed by atoms with Crippen molar-refractivity contribution in [3.8, 4) is 0 Å². The number of carbonyl (C=O) groups excluding carboxylic acids is 1. The summed E-state index contributed by atoms with van der Waals surface area (Å²) in [5.41, 5.74) is 0. The van der Waals surface area contributed by atoms with Crippen LogP contribution in [0.4, 0.5) is 4.39 Å². The summed E-state index contributed by atoms with van der Waals surface area (Å²) < 4.78 is 17.3. The molecule has 0 spiro atoms. The third-order valence-electron chi connectivity index (χ3n) is 1.56. The molecular weight excluding hydrogens is 171 g/mol. The molecule has 1 saturated carbocycles. The normalized spacial score (nSPS) is 35.0. The van der Waals surface area contributed by atoms with Crippen LogP contribution < -0.4 is 0 Å². The molecule has 0 radical (unpaired) electrons. The van der Waals surface area contributed by atoms with Gasteiger partial charge in [-0.25, -0.2) is 4.39 Å². The van der Waals surface area contributed by atoms with Crippen LogP contribution >= 0.6 is 11.6 Å². The molecule has 2 nitrogen and oxygen atoms in total. The Hall–Kier alpha value is -0.310. The van der Waals surface area contributed by atoms with Crippen molar-refractivity contribution in [1.82, 2.24) is 0 Å². The van der Waals surface area contributed by atoms with Gasteiger partial charge >= 0.3 is 5.97 Å². The van der Waals surface area contributed by atoms with Crippen LogP contribution in [0.25, 0.3) is 0 Å². The molecule has 0 saturated heterocycles. The molecular formula is C7H10ClFO2. The maximum Gasteiger partial charge on any atom is 0.313 e. The van der Waals surface area contributed by atoms with E-state index in [1.54, 1.807) is 0 Å². The summed E-state index contributed by atoms with van der Waals surface area (Å²) in [5, 5.41) is -1.81. The fraction of sp³-hybridized carbons (Fsp3) is 0.857. The van der Waals surface area contributed by atoms with Crippen LogP contribution in [0.3, 0.4) is 0 Å². The molecule has 0 aromatic carbocycles. The van der Waals surface area contributed by atoms with Crippen molar-refractivity contribution in [2.75, 3.05) is 6.61 Å². The molecule has 0 aliphatic heterocycles. The first-order valence-corrected chi connectivity index (χ1v) is 4.00. The highest BCUT2D eigenvalue weighted by Crippen LogP contribution is 2.51. The van der Waals surface area contributed by atoms with Crippen LogP contribution in [0.1, 0.15) is 19.8 Å². The van der Waals surface area contributed by atoms with E-state index in [4.69, 9.17) is 11.6 Å². The average Bonchev–Trinajstić information content (AvgIpc) is 2.55. The van der Waals surface area contributed by atoms with Crippen LogP contribution in [0, 0.1) is 5.92 Å². The Kier molecular flexibility index (Phi) is 2.37. The molecule has 2 atom stereocenters. The summed E-state index contributed by atoms with van der Waals surface area (Å²) in [4.78, 5) is 10.8. The quantitative estimate of drug-likeness (QED) is 0.490. The molecule has 1 rings (SSSR count). The molecule has 4 heteroatoms. The van der Waals surface area contributed by atoms with E-state index < -0.39 is 17.0 Å². The summed E-state index contributed by atoms with van der Waals surface area (Å²) in [6.45, 7) is 2.23. The minimum Gasteiger partial charge on any atom is -0.465 e. The van der Waals surface area contributed by atoms with Gasteiger partial charge in [0.2, 0.25) is 0 Å². The van der Waals surface area contributed by atoms with E-state index in [2.05, 4.69) is 4.74 Å². The Labute approximate surface area is 69.7 Å². The Bertz CT molecular complexity index is 170. The SMILES string of the molecule is CCCOC(=O)[C@@H]1CC1(F)Cl. The lowest BCUT2D eigenvalue weighted by atomic mass is 10.4. The third-order valence-corrected chi connectivity index (χ3v) is 1.98. The van der Waals surface area contributed by atoms with E-state index >= 15 is 0 Å². The lowest BCUT2D eigenvalue weighted by Gasteiger charge is -2.00. The van der Waals surface area contributed by atoms with Gasteiger partial charge in [-0.3, -0.25) is 4.79 Å². The molecule has 64 valence electrons. The number of alkyl halides is 2. The van der Waals surface area contributed by atoms with E-state index in [1.807, 2.05) is 6.92 Å². The highest BCUT2D eigenvalue weighted by atomic mass is 35.5. The van der Waals surface area contributed by atoms with Crippen LogP contribution in [0.2, 0.25) is 0 Å². The molecule has 0 aromatic heterocycles. The van der Waals surface area contributed by atoms with Gasteiger partial charge < -0.3 is 4.74 Å². The van der Waals surface area contributed by atoms with Crippen molar-refractivity contribution < 1.29 is 13.9 Å². The minimum absolute atomic E-state index is 0.0943. The number of esters is 1. The van der Waals surface area contributed by atoms with Gasteiger partial charge in [-0.2, -0.15) is 0 Å². The molecule has 1 unspecified atom stereocenters.